The average molecular weight is 206 g/mol. The fourth-order valence-corrected chi connectivity index (χ4v) is 1.34. The molecule has 3 nitrogen and oxygen atoms in total. The lowest BCUT2D eigenvalue weighted by molar-refractivity contribution is 0.449. The molecule has 0 aliphatic heterocycles. The highest BCUT2D eigenvalue weighted by Gasteiger charge is 2.05. The Bertz CT molecular complexity index is 300. The van der Waals surface area contributed by atoms with Crippen molar-refractivity contribution in [3.05, 3.63) is 24.2 Å². The molecule has 0 saturated heterocycles. The number of nitrogens with zero attached hydrogens (tertiary/aromatic N) is 1. The summed E-state index contributed by atoms with van der Waals surface area (Å²) in [5.74, 6) is 1.10. The normalized spacial score (nSPS) is 14.5. The second-order valence-electron chi connectivity index (χ2n) is 3.96. The van der Waals surface area contributed by atoms with Gasteiger partial charge in [-0.25, -0.2) is 0 Å². The molecule has 0 aromatic carbocycles. The first-order chi connectivity index (χ1) is 7.22. The summed E-state index contributed by atoms with van der Waals surface area (Å²) in [6, 6.07) is 6.53. The molecule has 1 aromatic heterocycles. The van der Waals surface area contributed by atoms with Gasteiger partial charge in [-0.2, -0.15) is 5.26 Å². The molecule has 1 aromatic rings. The van der Waals surface area contributed by atoms with Crippen molar-refractivity contribution >= 4 is 0 Å². The van der Waals surface area contributed by atoms with E-state index in [1.807, 2.05) is 19.1 Å². The van der Waals surface area contributed by atoms with Crippen LogP contribution in [0.1, 0.15) is 26.0 Å². The van der Waals surface area contributed by atoms with Gasteiger partial charge >= 0.3 is 0 Å². The van der Waals surface area contributed by atoms with Crippen LogP contribution in [0.15, 0.2) is 22.8 Å². The van der Waals surface area contributed by atoms with Crippen LogP contribution < -0.4 is 5.32 Å². The van der Waals surface area contributed by atoms with Gasteiger partial charge in [0, 0.05) is 19.0 Å². The van der Waals surface area contributed by atoms with Crippen molar-refractivity contribution in [3.63, 3.8) is 0 Å². The van der Waals surface area contributed by atoms with Crippen LogP contribution in [0.2, 0.25) is 0 Å². The molecule has 0 spiro atoms. The van der Waals surface area contributed by atoms with E-state index < -0.39 is 0 Å². The quantitative estimate of drug-likeness (QED) is 0.777. The minimum absolute atomic E-state index is 0.0797. The van der Waals surface area contributed by atoms with Gasteiger partial charge in [0.1, 0.15) is 5.76 Å². The van der Waals surface area contributed by atoms with E-state index in [0.717, 1.165) is 25.1 Å². The highest BCUT2D eigenvalue weighted by atomic mass is 16.3. The minimum Gasteiger partial charge on any atom is -0.469 e. The van der Waals surface area contributed by atoms with E-state index in [-0.39, 0.29) is 5.92 Å². The largest absolute Gasteiger partial charge is 0.469 e. The van der Waals surface area contributed by atoms with Gasteiger partial charge in [-0.15, -0.1) is 0 Å². The van der Waals surface area contributed by atoms with Crippen LogP contribution in [0.25, 0.3) is 0 Å². The monoisotopic (exact) mass is 206 g/mol. The maximum absolute atomic E-state index is 8.62. The Morgan fingerprint density at radius 2 is 2.33 bits per heavy atom. The van der Waals surface area contributed by atoms with Crippen molar-refractivity contribution in [2.45, 2.75) is 32.7 Å². The zero-order chi connectivity index (χ0) is 11.1. The fraction of sp³-hybridized carbons (Fsp3) is 0.583. The van der Waals surface area contributed by atoms with Crippen LogP contribution in [0.4, 0.5) is 0 Å². The molecule has 2 atom stereocenters. The van der Waals surface area contributed by atoms with Crippen molar-refractivity contribution in [1.29, 1.82) is 5.26 Å². The summed E-state index contributed by atoms with van der Waals surface area (Å²) in [7, 11) is 0. The molecule has 0 radical (unpaired) electrons. The molecule has 2 unspecified atom stereocenters. The first-order valence-electron chi connectivity index (χ1n) is 5.37. The summed E-state index contributed by atoms with van der Waals surface area (Å²) in [6.07, 6.45) is 3.68. The smallest absolute Gasteiger partial charge is 0.103 e. The molecule has 0 amide bonds. The van der Waals surface area contributed by atoms with E-state index in [1.165, 1.54) is 0 Å². The Morgan fingerprint density at radius 3 is 2.93 bits per heavy atom. The third-order valence-electron chi connectivity index (χ3n) is 2.40. The number of nitriles is 1. The van der Waals surface area contributed by atoms with Crippen molar-refractivity contribution in [2.24, 2.45) is 5.92 Å². The van der Waals surface area contributed by atoms with Crippen LogP contribution in [-0.4, -0.2) is 12.6 Å². The molecule has 0 saturated carbocycles. The predicted octanol–water partition coefficient (Wildman–Crippen LogP) is 2.35. The Kier molecular flexibility index (Phi) is 4.92. The maximum Gasteiger partial charge on any atom is 0.103 e. The molecule has 0 aliphatic carbocycles. The molecule has 0 fully saturated rings. The average Bonchev–Trinajstić information content (AvgIpc) is 2.75. The van der Waals surface area contributed by atoms with E-state index in [1.54, 1.807) is 6.26 Å². The summed E-state index contributed by atoms with van der Waals surface area (Å²) >= 11 is 0. The number of hydrogen-bond acceptors (Lipinski definition) is 3. The van der Waals surface area contributed by atoms with Gasteiger partial charge in [-0.3, -0.25) is 0 Å². The van der Waals surface area contributed by atoms with Gasteiger partial charge in [0.05, 0.1) is 18.3 Å². The van der Waals surface area contributed by atoms with Gasteiger partial charge in [-0.1, -0.05) is 0 Å². The van der Waals surface area contributed by atoms with Crippen LogP contribution in [-0.2, 0) is 6.42 Å². The molecule has 0 aliphatic rings. The third kappa shape index (κ3) is 4.66. The first-order valence-corrected chi connectivity index (χ1v) is 5.37. The lowest BCUT2D eigenvalue weighted by Gasteiger charge is -2.13. The molecule has 1 rings (SSSR count). The molecule has 1 heterocycles. The summed E-state index contributed by atoms with van der Waals surface area (Å²) in [6.45, 7) is 4.81. The minimum atomic E-state index is 0.0797. The van der Waals surface area contributed by atoms with Gasteiger partial charge in [0.2, 0.25) is 0 Å². The van der Waals surface area contributed by atoms with Crippen molar-refractivity contribution in [3.8, 4) is 6.07 Å². The predicted molar refractivity (Wildman–Crippen MR) is 59.3 cm³/mol. The van der Waals surface area contributed by atoms with Crippen LogP contribution in [0, 0.1) is 17.2 Å². The Morgan fingerprint density at radius 1 is 1.53 bits per heavy atom. The Balaban J connectivity index is 2.14. The molecule has 15 heavy (non-hydrogen) atoms. The zero-order valence-electron chi connectivity index (χ0n) is 9.36. The van der Waals surface area contributed by atoms with E-state index in [4.69, 9.17) is 9.68 Å². The second kappa shape index (κ2) is 6.26. The molecular formula is C12H18N2O. The van der Waals surface area contributed by atoms with Gasteiger partial charge < -0.3 is 9.73 Å². The number of nitrogens with one attached hydrogen (secondary N) is 1. The van der Waals surface area contributed by atoms with Crippen LogP contribution in [0.5, 0.6) is 0 Å². The highest BCUT2D eigenvalue weighted by molar-refractivity contribution is 4.98. The first kappa shape index (κ1) is 11.8. The summed E-state index contributed by atoms with van der Waals surface area (Å²) < 4.78 is 5.25. The van der Waals surface area contributed by atoms with Gasteiger partial charge in [0.15, 0.2) is 0 Å². The number of aryl methyl sites for hydroxylation is 1. The Hall–Kier alpha value is -1.27. The van der Waals surface area contributed by atoms with E-state index in [9.17, 15) is 0 Å². The Labute approximate surface area is 91.1 Å². The maximum atomic E-state index is 8.62. The SMILES string of the molecule is CC(C#N)CNC(C)CCc1ccco1. The van der Waals surface area contributed by atoms with Crippen LogP contribution >= 0.6 is 0 Å². The highest BCUT2D eigenvalue weighted by Crippen LogP contribution is 2.05. The number of furan rings is 1. The van der Waals surface area contributed by atoms with E-state index in [0.29, 0.717) is 6.04 Å². The molecule has 0 bridgehead atoms. The number of hydrogen-bond donors (Lipinski definition) is 1. The zero-order valence-corrected chi connectivity index (χ0v) is 9.36. The molecule has 1 N–H and O–H groups in total. The van der Waals surface area contributed by atoms with E-state index >= 15 is 0 Å². The van der Waals surface area contributed by atoms with Gasteiger partial charge in [-0.05, 0) is 32.4 Å². The van der Waals surface area contributed by atoms with Crippen LogP contribution in [0.3, 0.4) is 0 Å². The standard InChI is InChI=1S/C12H18N2O/c1-10(8-13)9-14-11(2)5-6-12-4-3-7-15-12/h3-4,7,10-11,14H,5-6,9H2,1-2H3. The summed E-state index contributed by atoms with van der Waals surface area (Å²) in [5.41, 5.74) is 0. The molecule has 82 valence electrons. The fourth-order valence-electron chi connectivity index (χ4n) is 1.34. The van der Waals surface area contributed by atoms with Crippen molar-refractivity contribution < 1.29 is 4.42 Å². The summed E-state index contributed by atoms with van der Waals surface area (Å²) in [4.78, 5) is 0. The lowest BCUT2D eigenvalue weighted by Crippen LogP contribution is -2.30. The third-order valence-corrected chi connectivity index (χ3v) is 2.40. The lowest BCUT2D eigenvalue weighted by atomic mass is 10.1. The van der Waals surface area contributed by atoms with Crippen molar-refractivity contribution in [2.75, 3.05) is 6.54 Å². The van der Waals surface area contributed by atoms with E-state index in [2.05, 4.69) is 18.3 Å². The molecule has 3 heteroatoms. The second-order valence-corrected chi connectivity index (χ2v) is 3.96. The summed E-state index contributed by atoms with van der Waals surface area (Å²) in [5, 5.41) is 12.0. The van der Waals surface area contributed by atoms with Gasteiger partial charge in [0.25, 0.3) is 0 Å². The number of rotatable bonds is 6. The molecular weight excluding hydrogens is 188 g/mol. The topological polar surface area (TPSA) is 49.0 Å². The van der Waals surface area contributed by atoms with Crippen molar-refractivity contribution in [1.82, 2.24) is 5.32 Å².